The second-order valence-corrected chi connectivity index (χ2v) is 2.67. The second kappa shape index (κ2) is 6.49. The van der Waals surface area contributed by atoms with E-state index in [0.717, 1.165) is 5.56 Å². The van der Waals surface area contributed by atoms with Crippen molar-refractivity contribution in [3.63, 3.8) is 0 Å². The first-order valence-electron chi connectivity index (χ1n) is 4.44. The van der Waals surface area contributed by atoms with E-state index in [1.807, 2.05) is 20.8 Å². The highest BCUT2D eigenvalue weighted by atomic mass is 35.5. The summed E-state index contributed by atoms with van der Waals surface area (Å²) in [5, 5.41) is 0.370. The van der Waals surface area contributed by atoms with Gasteiger partial charge in [0.05, 0.1) is 19.8 Å². The van der Waals surface area contributed by atoms with Crippen molar-refractivity contribution in [1.29, 1.82) is 0 Å². The lowest BCUT2D eigenvalue weighted by Crippen LogP contribution is -1.95. The van der Waals surface area contributed by atoms with E-state index in [2.05, 4.69) is 4.98 Å². The Balaban J connectivity index is 0.000000791. The summed E-state index contributed by atoms with van der Waals surface area (Å²) in [6, 6.07) is 1.65. The molecule has 0 fully saturated rings. The zero-order valence-corrected chi connectivity index (χ0v) is 9.97. The number of hydrogen-bond acceptors (Lipinski definition) is 3. The van der Waals surface area contributed by atoms with Gasteiger partial charge in [-0.05, 0) is 6.92 Å². The van der Waals surface area contributed by atoms with Gasteiger partial charge >= 0.3 is 0 Å². The van der Waals surface area contributed by atoms with Crippen molar-refractivity contribution in [3.8, 4) is 11.6 Å². The van der Waals surface area contributed by atoms with Gasteiger partial charge < -0.3 is 9.47 Å². The molecule has 1 rings (SSSR count). The van der Waals surface area contributed by atoms with E-state index < -0.39 is 0 Å². The Bertz CT molecular complexity index is 264. The molecule has 0 aliphatic heterocycles. The number of rotatable bonds is 2. The Morgan fingerprint density at radius 2 is 1.79 bits per heavy atom. The van der Waals surface area contributed by atoms with Crippen molar-refractivity contribution in [2.45, 2.75) is 20.8 Å². The van der Waals surface area contributed by atoms with Crippen LogP contribution in [-0.4, -0.2) is 19.2 Å². The first-order chi connectivity index (χ1) is 6.69. The third-order valence-corrected chi connectivity index (χ3v) is 1.76. The maximum atomic E-state index is 5.71. The summed E-state index contributed by atoms with van der Waals surface area (Å²) in [5.74, 6) is 1.19. The van der Waals surface area contributed by atoms with Gasteiger partial charge in [-0.15, -0.1) is 0 Å². The van der Waals surface area contributed by atoms with Crippen LogP contribution in [0.25, 0.3) is 0 Å². The molecular formula is C10H16ClNO2. The molecular weight excluding hydrogens is 202 g/mol. The second-order valence-electron chi connectivity index (χ2n) is 2.28. The normalized spacial score (nSPS) is 8.71. The minimum Gasteiger partial charge on any atom is -0.496 e. The topological polar surface area (TPSA) is 31.4 Å². The molecule has 1 aromatic rings. The zero-order chi connectivity index (χ0) is 11.1. The third kappa shape index (κ3) is 3.07. The Kier molecular flexibility index (Phi) is 6.04. The van der Waals surface area contributed by atoms with Crippen molar-refractivity contribution in [2.75, 3.05) is 14.2 Å². The lowest BCUT2D eigenvalue weighted by Gasteiger charge is -2.08. The summed E-state index contributed by atoms with van der Waals surface area (Å²) in [4.78, 5) is 3.96. The van der Waals surface area contributed by atoms with Crippen LogP contribution in [0.5, 0.6) is 11.6 Å². The number of aromatic nitrogens is 1. The maximum Gasteiger partial charge on any atom is 0.221 e. The monoisotopic (exact) mass is 217 g/mol. The first kappa shape index (κ1) is 13.0. The van der Waals surface area contributed by atoms with E-state index >= 15 is 0 Å². The van der Waals surface area contributed by atoms with Crippen LogP contribution >= 0.6 is 11.6 Å². The van der Waals surface area contributed by atoms with Gasteiger partial charge in [0.2, 0.25) is 5.88 Å². The Morgan fingerprint density at radius 3 is 2.21 bits per heavy atom. The Morgan fingerprint density at radius 1 is 1.21 bits per heavy atom. The quantitative estimate of drug-likeness (QED) is 0.714. The molecule has 0 radical (unpaired) electrons. The molecule has 0 unspecified atom stereocenters. The molecule has 1 heterocycles. The molecule has 0 N–H and O–H groups in total. The summed E-state index contributed by atoms with van der Waals surface area (Å²) in [6.45, 7) is 5.86. The minimum atomic E-state index is 0.370. The Labute approximate surface area is 90.0 Å². The molecule has 0 aromatic carbocycles. The Hall–Kier alpha value is -0.960. The molecule has 0 saturated carbocycles. The summed E-state index contributed by atoms with van der Waals surface area (Å²) in [5.41, 5.74) is 0.851. The minimum absolute atomic E-state index is 0.370. The molecule has 0 spiro atoms. The average Bonchev–Trinajstić information content (AvgIpc) is 2.23. The lowest BCUT2D eigenvalue weighted by molar-refractivity contribution is 0.377. The van der Waals surface area contributed by atoms with Crippen LogP contribution in [0, 0.1) is 6.92 Å². The fourth-order valence-corrected chi connectivity index (χ4v) is 1.12. The average molecular weight is 218 g/mol. The number of halogens is 1. The fraction of sp³-hybridized carbons (Fsp3) is 0.500. The van der Waals surface area contributed by atoms with Gasteiger partial charge in [0.1, 0.15) is 10.9 Å². The number of ether oxygens (including phenoxy) is 2. The largest absolute Gasteiger partial charge is 0.496 e. The van der Waals surface area contributed by atoms with Crippen molar-refractivity contribution in [3.05, 3.63) is 16.8 Å². The number of hydrogen-bond donors (Lipinski definition) is 0. The highest BCUT2D eigenvalue weighted by molar-refractivity contribution is 6.29. The molecule has 0 atom stereocenters. The van der Waals surface area contributed by atoms with E-state index in [9.17, 15) is 0 Å². The summed E-state index contributed by atoms with van der Waals surface area (Å²) in [6.07, 6.45) is 0. The molecule has 0 aliphatic carbocycles. The van der Waals surface area contributed by atoms with E-state index in [-0.39, 0.29) is 0 Å². The van der Waals surface area contributed by atoms with E-state index in [0.29, 0.717) is 16.8 Å². The number of pyridine rings is 1. The van der Waals surface area contributed by atoms with Crippen molar-refractivity contribution in [2.24, 2.45) is 0 Å². The summed E-state index contributed by atoms with van der Waals surface area (Å²) in [7, 11) is 3.13. The molecule has 4 heteroatoms. The lowest BCUT2D eigenvalue weighted by atomic mass is 10.3. The number of methoxy groups -OCH3 is 2. The van der Waals surface area contributed by atoms with Crippen LogP contribution in [0.3, 0.4) is 0 Å². The smallest absolute Gasteiger partial charge is 0.221 e. The van der Waals surface area contributed by atoms with Gasteiger partial charge in [-0.1, -0.05) is 25.4 Å². The fourth-order valence-electron chi connectivity index (χ4n) is 0.946. The molecule has 1 aromatic heterocycles. The highest BCUT2D eigenvalue weighted by Crippen LogP contribution is 2.27. The first-order valence-corrected chi connectivity index (χ1v) is 4.82. The van der Waals surface area contributed by atoms with Crippen LogP contribution in [-0.2, 0) is 0 Å². The molecule has 14 heavy (non-hydrogen) atoms. The number of nitrogens with zero attached hydrogens (tertiary/aromatic N) is 1. The van der Waals surface area contributed by atoms with Crippen LogP contribution in [0.1, 0.15) is 19.4 Å². The van der Waals surface area contributed by atoms with E-state index in [1.54, 1.807) is 20.3 Å². The summed E-state index contributed by atoms with van der Waals surface area (Å²) < 4.78 is 10.1. The maximum absolute atomic E-state index is 5.71. The molecule has 0 saturated heterocycles. The molecule has 0 aliphatic rings. The van der Waals surface area contributed by atoms with E-state index in [1.165, 1.54) is 0 Å². The van der Waals surface area contributed by atoms with Gasteiger partial charge in [-0.3, -0.25) is 0 Å². The van der Waals surface area contributed by atoms with E-state index in [4.69, 9.17) is 21.1 Å². The van der Waals surface area contributed by atoms with Gasteiger partial charge in [0.15, 0.2) is 0 Å². The highest BCUT2D eigenvalue weighted by Gasteiger charge is 2.07. The summed E-state index contributed by atoms with van der Waals surface area (Å²) >= 11 is 5.71. The molecule has 80 valence electrons. The van der Waals surface area contributed by atoms with Crippen LogP contribution < -0.4 is 9.47 Å². The molecule has 0 bridgehead atoms. The van der Waals surface area contributed by atoms with Gasteiger partial charge in [-0.25, -0.2) is 4.98 Å². The predicted octanol–water partition coefficient (Wildman–Crippen LogP) is 3.09. The standard InChI is InChI=1S/C8H10ClNO2.C2H6/c1-5-6(11-2)4-7(9)10-8(5)12-3;1-2/h4H,1-3H3;1-2H3. The molecule has 0 amide bonds. The van der Waals surface area contributed by atoms with Gasteiger partial charge in [0.25, 0.3) is 0 Å². The van der Waals surface area contributed by atoms with Crippen molar-refractivity contribution >= 4 is 11.6 Å². The third-order valence-electron chi connectivity index (χ3n) is 1.56. The predicted molar refractivity (Wildman–Crippen MR) is 58.4 cm³/mol. The van der Waals surface area contributed by atoms with Crippen molar-refractivity contribution in [1.82, 2.24) is 4.98 Å². The van der Waals surface area contributed by atoms with Crippen LogP contribution in [0.4, 0.5) is 0 Å². The van der Waals surface area contributed by atoms with Crippen molar-refractivity contribution < 1.29 is 9.47 Å². The molecule has 3 nitrogen and oxygen atoms in total. The van der Waals surface area contributed by atoms with Gasteiger partial charge in [-0.2, -0.15) is 0 Å². The zero-order valence-electron chi connectivity index (χ0n) is 9.22. The van der Waals surface area contributed by atoms with Gasteiger partial charge in [0, 0.05) is 6.07 Å². The SMILES string of the molecule is CC.COc1cc(Cl)nc(OC)c1C. The van der Waals surface area contributed by atoms with Crippen LogP contribution in [0.15, 0.2) is 6.07 Å². The van der Waals surface area contributed by atoms with Crippen LogP contribution in [0.2, 0.25) is 5.15 Å².